The number of halogens is 3. The molecule has 0 fully saturated rings. The average molecular weight is 316 g/mol. The van der Waals surface area contributed by atoms with Gasteiger partial charge in [0.2, 0.25) is 0 Å². The Hall–Kier alpha value is -1.44. The Bertz CT molecular complexity index is 584. The SMILES string of the molecule is NCc1cccc(-c2csc(CCOCC(F)(F)F)n2)c1. The first kappa shape index (κ1) is 15.9. The summed E-state index contributed by atoms with van der Waals surface area (Å²) in [5.41, 5.74) is 8.36. The Morgan fingerprint density at radius 1 is 1.29 bits per heavy atom. The molecule has 2 aromatic rings. The van der Waals surface area contributed by atoms with Gasteiger partial charge in [-0.25, -0.2) is 4.98 Å². The van der Waals surface area contributed by atoms with Crippen molar-refractivity contribution in [3.05, 3.63) is 40.2 Å². The van der Waals surface area contributed by atoms with Crippen molar-refractivity contribution in [3.8, 4) is 11.3 Å². The maximum atomic E-state index is 11.9. The van der Waals surface area contributed by atoms with Crippen molar-refractivity contribution in [1.82, 2.24) is 4.98 Å². The highest BCUT2D eigenvalue weighted by atomic mass is 32.1. The minimum Gasteiger partial charge on any atom is -0.372 e. The van der Waals surface area contributed by atoms with E-state index in [1.807, 2.05) is 29.6 Å². The normalized spacial score (nSPS) is 11.8. The lowest BCUT2D eigenvalue weighted by Crippen LogP contribution is -2.17. The molecule has 0 bridgehead atoms. The molecule has 1 aromatic carbocycles. The number of ether oxygens (including phenoxy) is 1. The van der Waals surface area contributed by atoms with E-state index in [0.29, 0.717) is 13.0 Å². The Balaban J connectivity index is 1.92. The summed E-state index contributed by atoms with van der Waals surface area (Å²) in [6.07, 6.45) is -3.91. The minimum atomic E-state index is -4.28. The molecule has 1 aromatic heterocycles. The number of hydrogen-bond acceptors (Lipinski definition) is 4. The summed E-state index contributed by atoms with van der Waals surface area (Å²) >= 11 is 1.41. The van der Waals surface area contributed by atoms with Gasteiger partial charge in [0.05, 0.1) is 17.3 Å². The van der Waals surface area contributed by atoms with E-state index < -0.39 is 12.8 Å². The number of thiazole rings is 1. The van der Waals surface area contributed by atoms with Gasteiger partial charge in [-0.05, 0) is 11.6 Å². The summed E-state index contributed by atoms with van der Waals surface area (Å²) in [6.45, 7) is -0.755. The van der Waals surface area contributed by atoms with Gasteiger partial charge in [-0.15, -0.1) is 11.3 Å². The summed E-state index contributed by atoms with van der Waals surface area (Å²) < 4.78 is 40.4. The largest absolute Gasteiger partial charge is 0.411 e. The zero-order chi connectivity index (χ0) is 15.3. The second-order valence-corrected chi connectivity index (χ2v) is 5.39. The fraction of sp³-hybridized carbons (Fsp3) is 0.357. The van der Waals surface area contributed by atoms with Crippen LogP contribution in [0, 0.1) is 0 Å². The zero-order valence-corrected chi connectivity index (χ0v) is 12.0. The molecule has 2 rings (SSSR count). The number of aromatic nitrogens is 1. The molecule has 0 unspecified atom stereocenters. The highest BCUT2D eigenvalue weighted by Gasteiger charge is 2.27. The highest BCUT2D eigenvalue weighted by Crippen LogP contribution is 2.23. The molecule has 21 heavy (non-hydrogen) atoms. The van der Waals surface area contributed by atoms with E-state index in [2.05, 4.69) is 9.72 Å². The maximum absolute atomic E-state index is 11.9. The van der Waals surface area contributed by atoms with E-state index in [0.717, 1.165) is 21.8 Å². The Morgan fingerprint density at radius 3 is 2.81 bits per heavy atom. The molecule has 3 nitrogen and oxygen atoms in total. The standard InChI is InChI=1S/C14H15F3N2OS/c15-14(16,17)9-20-5-4-13-19-12(8-21-13)11-3-1-2-10(6-11)7-18/h1-3,6,8H,4-5,7,9,18H2. The van der Waals surface area contributed by atoms with Crippen molar-refractivity contribution in [2.75, 3.05) is 13.2 Å². The van der Waals surface area contributed by atoms with Crippen LogP contribution in [0.2, 0.25) is 0 Å². The molecule has 0 aliphatic heterocycles. The number of alkyl halides is 3. The third-order valence-corrected chi connectivity index (χ3v) is 3.64. The van der Waals surface area contributed by atoms with Crippen LogP contribution in [0.15, 0.2) is 29.6 Å². The minimum absolute atomic E-state index is 0.00923. The summed E-state index contributed by atoms with van der Waals surface area (Å²) in [5.74, 6) is 0. The lowest BCUT2D eigenvalue weighted by atomic mass is 10.1. The molecule has 0 saturated carbocycles. The van der Waals surface area contributed by atoms with Crippen LogP contribution in [-0.2, 0) is 17.7 Å². The smallest absolute Gasteiger partial charge is 0.372 e. The lowest BCUT2D eigenvalue weighted by Gasteiger charge is -2.06. The average Bonchev–Trinajstić information content (AvgIpc) is 2.91. The van der Waals surface area contributed by atoms with Crippen molar-refractivity contribution in [3.63, 3.8) is 0 Å². The molecule has 1 heterocycles. The van der Waals surface area contributed by atoms with Crippen molar-refractivity contribution in [2.24, 2.45) is 5.73 Å². The van der Waals surface area contributed by atoms with Crippen LogP contribution in [0.5, 0.6) is 0 Å². The topological polar surface area (TPSA) is 48.1 Å². The van der Waals surface area contributed by atoms with Gasteiger partial charge in [0.1, 0.15) is 6.61 Å². The molecular weight excluding hydrogens is 301 g/mol. The van der Waals surface area contributed by atoms with Gasteiger partial charge in [-0.3, -0.25) is 0 Å². The number of hydrogen-bond donors (Lipinski definition) is 1. The number of rotatable bonds is 6. The zero-order valence-electron chi connectivity index (χ0n) is 11.2. The van der Waals surface area contributed by atoms with Gasteiger partial charge in [-0.1, -0.05) is 18.2 Å². The maximum Gasteiger partial charge on any atom is 0.411 e. The first-order chi connectivity index (χ1) is 9.98. The van der Waals surface area contributed by atoms with Gasteiger partial charge in [0, 0.05) is 23.9 Å². The fourth-order valence-corrected chi connectivity index (χ4v) is 2.55. The third-order valence-electron chi connectivity index (χ3n) is 2.74. The van der Waals surface area contributed by atoms with Crippen LogP contribution in [0.3, 0.4) is 0 Å². The molecule has 0 radical (unpaired) electrons. The van der Waals surface area contributed by atoms with Crippen molar-refractivity contribution in [2.45, 2.75) is 19.1 Å². The molecule has 114 valence electrons. The molecule has 0 saturated heterocycles. The quantitative estimate of drug-likeness (QED) is 0.831. The van der Waals surface area contributed by atoms with E-state index in [-0.39, 0.29) is 6.61 Å². The van der Waals surface area contributed by atoms with E-state index in [1.54, 1.807) is 0 Å². The van der Waals surface area contributed by atoms with Gasteiger partial charge in [-0.2, -0.15) is 13.2 Å². The first-order valence-corrected chi connectivity index (χ1v) is 7.24. The highest BCUT2D eigenvalue weighted by molar-refractivity contribution is 7.09. The lowest BCUT2D eigenvalue weighted by molar-refractivity contribution is -0.173. The Morgan fingerprint density at radius 2 is 2.10 bits per heavy atom. The predicted octanol–water partition coefficient (Wildman–Crippen LogP) is 3.39. The van der Waals surface area contributed by atoms with Crippen LogP contribution in [-0.4, -0.2) is 24.4 Å². The Kier molecular flexibility index (Phi) is 5.33. The number of nitrogens with two attached hydrogens (primary N) is 1. The van der Waals surface area contributed by atoms with E-state index in [9.17, 15) is 13.2 Å². The van der Waals surface area contributed by atoms with E-state index in [4.69, 9.17) is 5.73 Å². The van der Waals surface area contributed by atoms with Crippen LogP contribution in [0.25, 0.3) is 11.3 Å². The van der Waals surface area contributed by atoms with Crippen molar-refractivity contribution in [1.29, 1.82) is 0 Å². The summed E-state index contributed by atoms with van der Waals surface area (Å²) in [6, 6.07) is 7.72. The second kappa shape index (κ2) is 7.02. The van der Waals surface area contributed by atoms with Crippen molar-refractivity contribution < 1.29 is 17.9 Å². The van der Waals surface area contributed by atoms with E-state index >= 15 is 0 Å². The van der Waals surface area contributed by atoms with E-state index in [1.165, 1.54) is 11.3 Å². The Labute approximate surface area is 124 Å². The van der Waals surface area contributed by atoms with Gasteiger partial charge in [0.15, 0.2) is 0 Å². The molecule has 0 aliphatic carbocycles. The van der Waals surface area contributed by atoms with Crippen LogP contribution in [0.1, 0.15) is 10.6 Å². The molecule has 2 N–H and O–H groups in total. The monoisotopic (exact) mass is 316 g/mol. The molecule has 7 heteroatoms. The summed E-state index contributed by atoms with van der Waals surface area (Å²) in [7, 11) is 0. The van der Waals surface area contributed by atoms with Crippen molar-refractivity contribution >= 4 is 11.3 Å². The molecular formula is C14H15F3N2OS. The van der Waals surface area contributed by atoms with Gasteiger partial charge in [0.25, 0.3) is 0 Å². The first-order valence-electron chi connectivity index (χ1n) is 6.36. The second-order valence-electron chi connectivity index (χ2n) is 4.45. The fourth-order valence-electron chi connectivity index (χ4n) is 1.76. The number of benzene rings is 1. The van der Waals surface area contributed by atoms with Crippen LogP contribution >= 0.6 is 11.3 Å². The predicted molar refractivity (Wildman–Crippen MR) is 76.0 cm³/mol. The molecule has 0 atom stereocenters. The van der Waals surface area contributed by atoms with Crippen LogP contribution in [0.4, 0.5) is 13.2 Å². The van der Waals surface area contributed by atoms with Gasteiger partial charge >= 0.3 is 6.18 Å². The summed E-state index contributed by atoms with van der Waals surface area (Å²) in [4.78, 5) is 4.41. The van der Waals surface area contributed by atoms with Gasteiger partial charge < -0.3 is 10.5 Å². The molecule has 0 aliphatic rings. The third kappa shape index (κ3) is 5.11. The number of nitrogens with zero attached hydrogens (tertiary/aromatic N) is 1. The summed E-state index contributed by atoms with van der Waals surface area (Å²) in [5, 5.41) is 2.64. The molecule has 0 spiro atoms. The molecule has 0 amide bonds. The van der Waals surface area contributed by atoms with Crippen LogP contribution < -0.4 is 5.73 Å².